The van der Waals surface area contributed by atoms with Crippen LogP contribution in [0.15, 0.2) is 29.2 Å². The van der Waals surface area contributed by atoms with Crippen molar-refractivity contribution in [2.75, 3.05) is 32.8 Å². The molecule has 0 aliphatic carbocycles. The fourth-order valence-corrected chi connectivity index (χ4v) is 4.83. The van der Waals surface area contributed by atoms with Crippen LogP contribution in [0.5, 0.6) is 0 Å². The molecule has 0 spiro atoms. The SMILES string of the molecule is CCCCCCCCCCOC(=O)CC[N+]1(CC#CI)CCCC1.Cc1ccc(S(=O)(=O)[O-])cc1. The topological polar surface area (TPSA) is 83.5 Å². The van der Waals surface area contributed by atoms with E-state index in [-0.39, 0.29) is 10.9 Å². The lowest BCUT2D eigenvalue weighted by molar-refractivity contribution is -0.909. The summed E-state index contributed by atoms with van der Waals surface area (Å²) in [6.45, 7) is 8.77. The summed E-state index contributed by atoms with van der Waals surface area (Å²) in [6.07, 6.45) is 13.3. The number of likely N-dealkylation sites (tertiary alicyclic amines) is 1. The number of nitrogens with zero attached hydrogens (tertiary/aromatic N) is 1. The Morgan fingerprint density at radius 2 is 1.60 bits per heavy atom. The lowest BCUT2D eigenvalue weighted by atomic mass is 10.1. The minimum Gasteiger partial charge on any atom is -0.744 e. The van der Waals surface area contributed by atoms with Crippen LogP contribution in [-0.2, 0) is 19.6 Å². The summed E-state index contributed by atoms with van der Waals surface area (Å²) < 4.78 is 40.5. The number of benzene rings is 1. The average molecular weight is 620 g/mol. The Labute approximate surface area is 226 Å². The molecule has 0 bridgehead atoms. The summed E-state index contributed by atoms with van der Waals surface area (Å²) in [5, 5.41) is 0. The van der Waals surface area contributed by atoms with E-state index in [0.717, 1.165) is 42.6 Å². The third-order valence-electron chi connectivity index (χ3n) is 6.36. The number of aryl methyl sites for hydroxylation is 1. The number of halogens is 1. The first-order valence-corrected chi connectivity index (χ1v) is 15.3. The number of esters is 1. The Bertz CT molecular complexity index is 884. The molecule has 1 aromatic carbocycles. The van der Waals surface area contributed by atoms with Crippen molar-refractivity contribution in [2.45, 2.75) is 89.4 Å². The van der Waals surface area contributed by atoms with Gasteiger partial charge in [0.2, 0.25) is 0 Å². The quantitative estimate of drug-likeness (QED) is 0.0641. The average Bonchev–Trinajstić information content (AvgIpc) is 3.30. The molecule has 0 amide bonds. The second-order valence-corrected chi connectivity index (χ2v) is 11.3. The fraction of sp³-hybridized carbons (Fsp3) is 0.667. The highest BCUT2D eigenvalue weighted by Gasteiger charge is 2.31. The van der Waals surface area contributed by atoms with Gasteiger partial charge in [0.05, 0.1) is 37.6 Å². The molecule has 1 aliphatic rings. The van der Waals surface area contributed by atoms with Crippen molar-refractivity contribution in [1.82, 2.24) is 0 Å². The van der Waals surface area contributed by atoms with Gasteiger partial charge in [-0.2, -0.15) is 0 Å². The van der Waals surface area contributed by atoms with E-state index in [0.29, 0.717) is 13.0 Å². The van der Waals surface area contributed by atoms with Crippen molar-refractivity contribution in [1.29, 1.82) is 0 Å². The van der Waals surface area contributed by atoms with Crippen LogP contribution in [0.25, 0.3) is 0 Å². The summed E-state index contributed by atoms with van der Waals surface area (Å²) in [5.41, 5.74) is 0.928. The number of hydrogen-bond donors (Lipinski definition) is 0. The molecule has 1 aliphatic heterocycles. The third kappa shape index (κ3) is 14.9. The molecule has 1 aromatic rings. The maximum absolute atomic E-state index is 12.0. The Kier molecular flexibility index (Phi) is 16.5. The Morgan fingerprint density at radius 3 is 2.14 bits per heavy atom. The third-order valence-corrected chi connectivity index (χ3v) is 7.59. The number of quaternary nitrogens is 1. The van der Waals surface area contributed by atoms with Crippen LogP contribution in [0.4, 0.5) is 0 Å². The second kappa shape index (κ2) is 18.1. The van der Waals surface area contributed by atoms with Crippen LogP contribution in [-0.4, -0.2) is 56.2 Å². The van der Waals surface area contributed by atoms with Crippen LogP contribution in [0.2, 0.25) is 0 Å². The minimum absolute atomic E-state index is 0.0234. The summed E-state index contributed by atoms with van der Waals surface area (Å²) in [5.74, 6) is 3.17. The van der Waals surface area contributed by atoms with Crippen LogP contribution in [0.1, 0.15) is 83.1 Å². The lowest BCUT2D eigenvalue weighted by Crippen LogP contribution is -2.47. The molecule has 1 heterocycles. The predicted octanol–water partition coefficient (Wildman–Crippen LogP) is 5.97. The van der Waals surface area contributed by atoms with Gasteiger partial charge in [0.25, 0.3) is 0 Å². The van der Waals surface area contributed by atoms with E-state index in [9.17, 15) is 17.8 Å². The van der Waals surface area contributed by atoms with Gasteiger partial charge in [0, 0.05) is 35.4 Å². The first-order chi connectivity index (χ1) is 16.7. The smallest absolute Gasteiger partial charge is 0.311 e. The van der Waals surface area contributed by atoms with Gasteiger partial charge in [-0.1, -0.05) is 69.6 Å². The second-order valence-electron chi connectivity index (χ2n) is 9.36. The molecule has 1 fully saturated rings. The number of carbonyl (C=O) groups excluding carboxylic acids is 1. The molecular weight excluding hydrogens is 577 g/mol. The number of carbonyl (C=O) groups is 1. The molecule has 35 heavy (non-hydrogen) atoms. The molecule has 1 saturated heterocycles. The highest BCUT2D eigenvalue weighted by atomic mass is 127. The van der Waals surface area contributed by atoms with Crippen molar-refractivity contribution < 1.29 is 27.0 Å². The largest absolute Gasteiger partial charge is 0.744 e. The van der Waals surface area contributed by atoms with Crippen LogP contribution in [0, 0.1) is 16.8 Å². The number of unbranched alkanes of at least 4 members (excludes halogenated alkanes) is 7. The van der Waals surface area contributed by atoms with Gasteiger partial charge in [-0.15, -0.1) is 0 Å². The molecule has 0 atom stereocenters. The van der Waals surface area contributed by atoms with Crippen LogP contribution < -0.4 is 0 Å². The molecule has 6 nitrogen and oxygen atoms in total. The standard InChI is InChI=1S/C20H35INO2.C7H8O3S/c1-2-3-4-5-6-7-8-11-19-24-20(23)13-18-22(17-12-14-21)15-9-10-16-22;1-6-2-4-7(5-3-6)11(8,9)10/h2-11,13,15-19H2,1H3;2-5H,1H3,(H,8,9,10)/q+1;/p-1. The Morgan fingerprint density at radius 1 is 1.03 bits per heavy atom. The van der Waals surface area contributed by atoms with E-state index in [2.05, 4.69) is 39.4 Å². The highest BCUT2D eigenvalue weighted by molar-refractivity contribution is 14.1. The van der Waals surface area contributed by atoms with Gasteiger partial charge in [-0.3, -0.25) is 4.79 Å². The predicted molar refractivity (Wildman–Crippen MR) is 148 cm³/mol. The summed E-state index contributed by atoms with van der Waals surface area (Å²) in [7, 11) is -4.27. The molecular formula is C27H42INO5S. The normalized spacial score (nSPS) is 14.4. The van der Waals surface area contributed by atoms with Crippen molar-refractivity contribution in [3.05, 3.63) is 29.8 Å². The molecule has 0 unspecified atom stereocenters. The Balaban J connectivity index is 0.000000462. The highest BCUT2D eigenvalue weighted by Crippen LogP contribution is 2.20. The van der Waals surface area contributed by atoms with Gasteiger partial charge < -0.3 is 13.8 Å². The molecule has 0 saturated carbocycles. The maximum atomic E-state index is 12.0. The lowest BCUT2D eigenvalue weighted by Gasteiger charge is -2.31. The van der Waals surface area contributed by atoms with E-state index >= 15 is 0 Å². The van der Waals surface area contributed by atoms with Gasteiger partial charge in [0.15, 0.2) is 0 Å². The van der Waals surface area contributed by atoms with Crippen molar-refractivity contribution in [3.8, 4) is 9.85 Å². The van der Waals surface area contributed by atoms with Gasteiger partial charge >= 0.3 is 5.97 Å². The van der Waals surface area contributed by atoms with Crippen molar-refractivity contribution in [3.63, 3.8) is 0 Å². The number of hydrogen-bond acceptors (Lipinski definition) is 5. The minimum atomic E-state index is -4.27. The van der Waals surface area contributed by atoms with Crippen LogP contribution in [0.3, 0.4) is 0 Å². The van der Waals surface area contributed by atoms with E-state index < -0.39 is 10.1 Å². The molecule has 0 radical (unpaired) electrons. The zero-order chi connectivity index (χ0) is 26.0. The summed E-state index contributed by atoms with van der Waals surface area (Å²) in [4.78, 5) is 11.8. The van der Waals surface area contributed by atoms with Crippen molar-refractivity contribution in [2.24, 2.45) is 0 Å². The Hall–Kier alpha value is -1.15. The number of rotatable bonds is 14. The van der Waals surface area contributed by atoms with Crippen LogP contribution >= 0.6 is 22.6 Å². The van der Waals surface area contributed by atoms with Gasteiger partial charge in [0.1, 0.15) is 16.7 Å². The molecule has 0 N–H and O–H groups in total. The molecule has 8 heteroatoms. The van der Waals surface area contributed by atoms with E-state index in [1.54, 1.807) is 12.1 Å². The first-order valence-electron chi connectivity index (χ1n) is 12.8. The van der Waals surface area contributed by atoms with E-state index in [1.165, 1.54) is 69.9 Å². The fourth-order valence-electron chi connectivity index (χ4n) is 4.19. The van der Waals surface area contributed by atoms with E-state index in [4.69, 9.17) is 4.74 Å². The molecule has 198 valence electrons. The first kappa shape index (κ1) is 31.9. The van der Waals surface area contributed by atoms with Crippen molar-refractivity contribution >= 4 is 38.7 Å². The summed E-state index contributed by atoms with van der Waals surface area (Å²) >= 11 is 2.10. The monoisotopic (exact) mass is 619 g/mol. The van der Waals surface area contributed by atoms with Gasteiger partial charge in [-0.05, 0) is 35.3 Å². The van der Waals surface area contributed by atoms with Gasteiger partial charge in [-0.25, -0.2) is 8.42 Å². The zero-order valence-electron chi connectivity index (χ0n) is 21.4. The molecule has 2 rings (SSSR count). The summed E-state index contributed by atoms with van der Waals surface area (Å²) in [6, 6.07) is 5.78. The number of ether oxygens (including phenoxy) is 1. The van der Waals surface area contributed by atoms with E-state index in [1.807, 2.05) is 6.92 Å². The zero-order valence-corrected chi connectivity index (χ0v) is 24.4. The maximum Gasteiger partial charge on any atom is 0.311 e. The molecule has 0 aromatic heterocycles.